The van der Waals surface area contributed by atoms with E-state index in [-0.39, 0.29) is 11.7 Å². The number of carbonyl (C=O) groups is 1. The monoisotopic (exact) mass is 261 g/mol. The first-order chi connectivity index (χ1) is 9.14. The summed E-state index contributed by atoms with van der Waals surface area (Å²) in [7, 11) is 0. The second kappa shape index (κ2) is 5.30. The van der Waals surface area contributed by atoms with Gasteiger partial charge in [0.25, 0.3) is 0 Å². The first-order valence-corrected chi connectivity index (χ1v) is 6.45. The van der Waals surface area contributed by atoms with Crippen LogP contribution in [-0.2, 0) is 11.3 Å². The summed E-state index contributed by atoms with van der Waals surface area (Å²) < 4.78 is 0. The molecule has 5 nitrogen and oxygen atoms in total. The fourth-order valence-electron chi connectivity index (χ4n) is 2.23. The van der Waals surface area contributed by atoms with Crippen LogP contribution in [0.25, 0.3) is 0 Å². The molecular weight excluding hydrogens is 242 g/mol. The Kier molecular flexibility index (Phi) is 3.74. The summed E-state index contributed by atoms with van der Waals surface area (Å²) in [5.74, 6) is -0.0156. The zero-order valence-corrected chi connectivity index (χ0v) is 11.0. The molecule has 0 radical (unpaired) electrons. The molecule has 0 saturated heterocycles. The first kappa shape index (κ1) is 13.4. The summed E-state index contributed by atoms with van der Waals surface area (Å²) in [6.07, 6.45) is 1.32. The molecule has 1 fully saturated rings. The van der Waals surface area contributed by atoms with Gasteiger partial charge in [0.05, 0.1) is 0 Å². The van der Waals surface area contributed by atoms with Crippen LogP contribution in [0.1, 0.15) is 25.3 Å². The zero-order valence-electron chi connectivity index (χ0n) is 11.0. The fraction of sp³-hybridized carbons (Fsp3) is 0.429. The average Bonchev–Trinajstić information content (AvgIpc) is 3.26. The highest BCUT2D eigenvalue weighted by molar-refractivity contribution is 6.09. The Morgan fingerprint density at radius 3 is 2.53 bits per heavy atom. The number of hydrogen-bond donors (Lipinski definition) is 2. The van der Waals surface area contributed by atoms with Gasteiger partial charge in [-0.25, -0.2) is 0 Å². The maximum Gasteiger partial charge on any atom is 0.236 e. The molecule has 1 amide bonds. The van der Waals surface area contributed by atoms with Crippen molar-refractivity contribution in [1.29, 1.82) is 0 Å². The van der Waals surface area contributed by atoms with Crippen LogP contribution in [0.5, 0.6) is 0 Å². The van der Waals surface area contributed by atoms with Gasteiger partial charge in [-0.2, -0.15) is 0 Å². The third kappa shape index (κ3) is 2.54. The van der Waals surface area contributed by atoms with Gasteiger partial charge < -0.3 is 15.8 Å². The summed E-state index contributed by atoms with van der Waals surface area (Å²) in [5, 5.41) is 11.8. The highest BCUT2D eigenvalue weighted by Gasteiger charge is 2.55. The van der Waals surface area contributed by atoms with Crippen molar-refractivity contribution < 1.29 is 10.0 Å². The lowest BCUT2D eigenvalue weighted by atomic mass is 10.0. The smallest absolute Gasteiger partial charge is 0.236 e. The van der Waals surface area contributed by atoms with Crippen molar-refractivity contribution in [3.8, 4) is 0 Å². The van der Waals surface area contributed by atoms with Crippen molar-refractivity contribution in [2.45, 2.75) is 26.3 Å². The summed E-state index contributed by atoms with van der Waals surface area (Å²) in [6, 6.07) is 9.81. The summed E-state index contributed by atoms with van der Waals surface area (Å²) in [6.45, 7) is 3.09. The van der Waals surface area contributed by atoms with E-state index < -0.39 is 5.41 Å². The van der Waals surface area contributed by atoms with Gasteiger partial charge in [-0.05, 0) is 25.3 Å². The Morgan fingerprint density at radius 1 is 1.42 bits per heavy atom. The minimum absolute atomic E-state index is 0.0315. The van der Waals surface area contributed by atoms with E-state index in [4.69, 9.17) is 10.9 Å². The Labute approximate surface area is 112 Å². The lowest BCUT2D eigenvalue weighted by molar-refractivity contribution is -0.135. The molecule has 1 saturated carbocycles. The molecule has 5 heteroatoms. The van der Waals surface area contributed by atoms with E-state index in [0.29, 0.717) is 25.9 Å². The van der Waals surface area contributed by atoms with Crippen molar-refractivity contribution >= 4 is 11.7 Å². The predicted molar refractivity (Wildman–Crippen MR) is 72.6 cm³/mol. The number of carbonyl (C=O) groups excluding carboxylic acids is 1. The van der Waals surface area contributed by atoms with Gasteiger partial charge >= 0.3 is 0 Å². The van der Waals surface area contributed by atoms with Crippen LogP contribution >= 0.6 is 0 Å². The molecule has 1 aliphatic rings. The van der Waals surface area contributed by atoms with E-state index in [1.165, 1.54) is 0 Å². The van der Waals surface area contributed by atoms with Crippen molar-refractivity contribution in [3.63, 3.8) is 0 Å². The molecule has 1 aromatic carbocycles. The molecular formula is C14H19N3O2. The molecule has 3 N–H and O–H groups in total. The van der Waals surface area contributed by atoms with Gasteiger partial charge in [0.1, 0.15) is 5.41 Å². The molecule has 0 bridgehead atoms. The molecule has 0 heterocycles. The van der Waals surface area contributed by atoms with Gasteiger partial charge in [0.15, 0.2) is 5.84 Å². The lowest BCUT2D eigenvalue weighted by Gasteiger charge is -2.25. The second-order valence-corrected chi connectivity index (χ2v) is 4.87. The van der Waals surface area contributed by atoms with Crippen molar-refractivity contribution in [1.82, 2.24) is 4.90 Å². The number of nitrogens with two attached hydrogens (primary N) is 1. The number of nitrogens with zero attached hydrogens (tertiary/aromatic N) is 2. The molecule has 19 heavy (non-hydrogen) atoms. The SMILES string of the molecule is CCN(Cc1ccccc1)C(=O)C1(/C(N)=N/O)CC1. The number of hydrogen-bond acceptors (Lipinski definition) is 3. The van der Waals surface area contributed by atoms with E-state index >= 15 is 0 Å². The number of amidine groups is 1. The molecule has 1 aromatic rings. The van der Waals surface area contributed by atoms with Gasteiger partial charge in [-0.1, -0.05) is 35.5 Å². The molecule has 102 valence electrons. The summed E-state index contributed by atoms with van der Waals surface area (Å²) in [5.41, 5.74) is 5.97. The maximum atomic E-state index is 12.5. The molecule has 0 aromatic heterocycles. The molecule has 1 aliphatic carbocycles. The number of oxime groups is 1. The Balaban J connectivity index is 2.13. The lowest BCUT2D eigenvalue weighted by Crippen LogP contribution is -2.43. The van der Waals surface area contributed by atoms with Gasteiger partial charge in [-0.3, -0.25) is 4.79 Å². The minimum Gasteiger partial charge on any atom is -0.409 e. The topological polar surface area (TPSA) is 78.9 Å². The minimum atomic E-state index is -0.764. The third-order valence-corrected chi connectivity index (χ3v) is 3.64. The van der Waals surface area contributed by atoms with Crippen LogP contribution in [0.4, 0.5) is 0 Å². The standard InChI is InChI=1S/C14H19N3O2/c1-2-17(10-11-6-4-3-5-7-11)13(18)14(8-9-14)12(15)16-19/h3-7,19H,2,8-10H2,1H3,(H2,15,16). The van der Waals surface area contributed by atoms with E-state index in [2.05, 4.69) is 5.16 Å². The number of amides is 1. The van der Waals surface area contributed by atoms with Crippen molar-refractivity contribution in [2.75, 3.05) is 6.54 Å². The van der Waals surface area contributed by atoms with Crippen LogP contribution in [-0.4, -0.2) is 28.4 Å². The predicted octanol–water partition coefficient (Wildman–Crippen LogP) is 1.56. The number of rotatable bonds is 5. The maximum absolute atomic E-state index is 12.5. The Hall–Kier alpha value is -2.04. The first-order valence-electron chi connectivity index (χ1n) is 6.45. The summed E-state index contributed by atoms with van der Waals surface area (Å²) in [4.78, 5) is 14.3. The molecule has 0 atom stereocenters. The molecule has 0 spiro atoms. The van der Waals surface area contributed by atoms with Crippen LogP contribution in [0.2, 0.25) is 0 Å². The Bertz CT molecular complexity index is 481. The zero-order chi connectivity index (χ0) is 13.9. The highest BCUT2D eigenvalue weighted by Crippen LogP contribution is 2.47. The van der Waals surface area contributed by atoms with E-state index in [9.17, 15) is 4.79 Å². The van der Waals surface area contributed by atoms with Crippen LogP contribution in [0.3, 0.4) is 0 Å². The average molecular weight is 261 g/mol. The van der Waals surface area contributed by atoms with Crippen LogP contribution < -0.4 is 5.73 Å². The largest absolute Gasteiger partial charge is 0.409 e. The van der Waals surface area contributed by atoms with Crippen LogP contribution in [0.15, 0.2) is 35.5 Å². The normalized spacial score (nSPS) is 17.0. The van der Waals surface area contributed by atoms with E-state index in [1.807, 2.05) is 37.3 Å². The quantitative estimate of drug-likeness (QED) is 0.365. The van der Waals surface area contributed by atoms with Crippen molar-refractivity contribution in [3.05, 3.63) is 35.9 Å². The van der Waals surface area contributed by atoms with E-state index in [0.717, 1.165) is 5.56 Å². The summed E-state index contributed by atoms with van der Waals surface area (Å²) >= 11 is 0. The second-order valence-electron chi connectivity index (χ2n) is 4.87. The number of benzene rings is 1. The Morgan fingerprint density at radius 2 is 2.05 bits per heavy atom. The molecule has 0 unspecified atom stereocenters. The van der Waals surface area contributed by atoms with E-state index in [1.54, 1.807) is 4.90 Å². The van der Waals surface area contributed by atoms with Gasteiger partial charge in [0.2, 0.25) is 5.91 Å². The fourth-order valence-corrected chi connectivity index (χ4v) is 2.23. The van der Waals surface area contributed by atoms with Gasteiger partial charge in [0, 0.05) is 13.1 Å². The van der Waals surface area contributed by atoms with Crippen LogP contribution in [0, 0.1) is 5.41 Å². The van der Waals surface area contributed by atoms with Crippen molar-refractivity contribution in [2.24, 2.45) is 16.3 Å². The molecule has 0 aliphatic heterocycles. The van der Waals surface area contributed by atoms with Gasteiger partial charge in [-0.15, -0.1) is 0 Å². The molecule has 2 rings (SSSR count). The highest BCUT2D eigenvalue weighted by atomic mass is 16.4. The third-order valence-electron chi connectivity index (χ3n) is 3.64.